The zero-order chi connectivity index (χ0) is 16.8. The maximum Gasteiger partial charge on any atom is 0.258 e. The third-order valence-corrected chi connectivity index (χ3v) is 3.62. The van der Waals surface area contributed by atoms with Gasteiger partial charge < -0.3 is 10.6 Å². The number of carbonyl (C=O) groups is 1. The topological polar surface area (TPSA) is 79.8 Å². The van der Waals surface area contributed by atoms with Gasteiger partial charge >= 0.3 is 0 Å². The first-order valence-corrected chi connectivity index (χ1v) is 7.62. The molecule has 0 atom stereocenters. The maximum absolute atomic E-state index is 12.0. The van der Waals surface area contributed by atoms with Gasteiger partial charge in [-0.25, -0.2) is 0 Å². The van der Waals surface area contributed by atoms with Gasteiger partial charge in [0.05, 0.1) is 5.56 Å². The quantitative estimate of drug-likeness (QED) is 0.744. The predicted octanol–water partition coefficient (Wildman–Crippen LogP) is 3.39. The van der Waals surface area contributed by atoms with Crippen molar-refractivity contribution >= 4 is 29.1 Å². The SMILES string of the molecule is O=C(Nc1ccc(NCc2ccccc2Cl)nn1)c1cccnc1. The minimum absolute atomic E-state index is 0.283. The third kappa shape index (κ3) is 4.05. The number of halogens is 1. The van der Waals surface area contributed by atoms with Crippen molar-refractivity contribution in [1.29, 1.82) is 0 Å². The fraction of sp³-hybridized carbons (Fsp3) is 0.0588. The smallest absolute Gasteiger partial charge is 0.258 e. The molecule has 0 spiro atoms. The Morgan fingerprint density at radius 2 is 1.79 bits per heavy atom. The van der Waals surface area contributed by atoms with E-state index in [1.807, 2.05) is 24.3 Å². The molecule has 0 aliphatic heterocycles. The van der Waals surface area contributed by atoms with E-state index in [-0.39, 0.29) is 5.91 Å². The summed E-state index contributed by atoms with van der Waals surface area (Å²) in [5.41, 5.74) is 1.43. The summed E-state index contributed by atoms with van der Waals surface area (Å²) in [5, 5.41) is 14.5. The number of hydrogen-bond acceptors (Lipinski definition) is 5. The Bertz CT molecular complexity index is 824. The first kappa shape index (κ1) is 15.9. The highest BCUT2D eigenvalue weighted by molar-refractivity contribution is 6.31. The van der Waals surface area contributed by atoms with Crippen molar-refractivity contribution in [3.8, 4) is 0 Å². The summed E-state index contributed by atoms with van der Waals surface area (Å²) in [7, 11) is 0. The molecule has 7 heteroatoms. The lowest BCUT2D eigenvalue weighted by Crippen LogP contribution is -2.13. The molecule has 3 rings (SSSR count). The highest BCUT2D eigenvalue weighted by Crippen LogP contribution is 2.16. The second-order valence-corrected chi connectivity index (χ2v) is 5.35. The van der Waals surface area contributed by atoms with Gasteiger partial charge in [-0.15, -0.1) is 10.2 Å². The normalized spacial score (nSPS) is 10.2. The van der Waals surface area contributed by atoms with Crippen LogP contribution in [0, 0.1) is 0 Å². The molecule has 6 nitrogen and oxygen atoms in total. The van der Waals surface area contributed by atoms with Crippen molar-refractivity contribution in [2.75, 3.05) is 10.6 Å². The molecule has 0 saturated heterocycles. The average molecular weight is 340 g/mol. The summed E-state index contributed by atoms with van der Waals surface area (Å²) < 4.78 is 0. The highest BCUT2D eigenvalue weighted by atomic mass is 35.5. The Hall–Kier alpha value is -2.99. The monoisotopic (exact) mass is 339 g/mol. The van der Waals surface area contributed by atoms with Crippen LogP contribution >= 0.6 is 11.6 Å². The van der Waals surface area contributed by atoms with Gasteiger partial charge in [-0.1, -0.05) is 29.8 Å². The molecule has 1 aromatic carbocycles. The van der Waals surface area contributed by atoms with Crippen LogP contribution in [0.25, 0.3) is 0 Å². The molecular formula is C17H14ClN5O. The van der Waals surface area contributed by atoms with Gasteiger partial charge in [0.25, 0.3) is 5.91 Å². The standard InChI is InChI=1S/C17H14ClN5O/c18-14-6-2-1-4-12(14)11-20-15-7-8-16(23-22-15)21-17(24)13-5-3-9-19-10-13/h1-10H,11H2,(H,20,22)(H,21,23,24). The Kier molecular flexibility index (Phi) is 4.98. The summed E-state index contributed by atoms with van der Waals surface area (Å²) in [5.74, 6) is 0.676. The molecule has 1 amide bonds. The van der Waals surface area contributed by atoms with E-state index < -0.39 is 0 Å². The zero-order valence-corrected chi connectivity index (χ0v) is 13.4. The van der Waals surface area contributed by atoms with Crippen LogP contribution in [0.5, 0.6) is 0 Å². The van der Waals surface area contributed by atoms with Crippen LogP contribution in [0.4, 0.5) is 11.6 Å². The first-order chi connectivity index (χ1) is 11.7. The van der Waals surface area contributed by atoms with Crippen molar-refractivity contribution in [3.63, 3.8) is 0 Å². The second-order valence-electron chi connectivity index (χ2n) is 4.94. The van der Waals surface area contributed by atoms with Crippen LogP contribution in [-0.2, 0) is 6.54 Å². The van der Waals surface area contributed by atoms with E-state index in [0.29, 0.717) is 28.8 Å². The lowest BCUT2D eigenvalue weighted by atomic mass is 10.2. The molecule has 24 heavy (non-hydrogen) atoms. The van der Waals surface area contributed by atoms with E-state index in [2.05, 4.69) is 25.8 Å². The Labute approximate surface area is 143 Å². The van der Waals surface area contributed by atoms with Crippen molar-refractivity contribution in [2.24, 2.45) is 0 Å². The van der Waals surface area contributed by atoms with E-state index in [1.54, 1.807) is 30.5 Å². The Morgan fingerprint density at radius 3 is 2.50 bits per heavy atom. The second kappa shape index (κ2) is 7.52. The van der Waals surface area contributed by atoms with Crippen molar-refractivity contribution in [1.82, 2.24) is 15.2 Å². The van der Waals surface area contributed by atoms with Gasteiger partial charge in [0.2, 0.25) is 0 Å². The number of nitrogens with one attached hydrogen (secondary N) is 2. The van der Waals surface area contributed by atoms with Crippen LogP contribution in [0.1, 0.15) is 15.9 Å². The summed E-state index contributed by atoms with van der Waals surface area (Å²) in [6.07, 6.45) is 3.10. The fourth-order valence-electron chi connectivity index (χ4n) is 2.01. The zero-order valence-electron chi connectivity index (χ0n) is 12.6. The lowest BCUT2D eigenvalue weighted by Gasteiger charge is -2.08. The number of nitrogens with zero attached hydrogens (tertiary/aromatic N) is 3. The molecule has 0 fully saturated rings. The minimum atomic E-state index is -0.283. The van der Waals surface area contributed by atoms with E-state index in [9.17, 15) is 4.79 Å². The number of hydrogen-bond donors (Lipinski definition) is 2. The number of rotatable bonds is 5. The lowest BCUT2D eigenvalue weighted by molar-refractivity contribution is 0.102. The number of amides is 1. The van der Waals surface area contributed by atoms with Gasteiger partial charge in [-0.3, -0.25) is 9.78 Å². The molecule has 0 saturated carbocycles. The van der Waals surface area contributed by atoms with Crippen molar-refractivity contribution in [3.05, 3.63) is 77.1 Å². The number of pyridine rings is 1. The molecule has 3 aromatic rings. The molecule has 0 aliphatic carbocycles. The van der Waals surface area contributed by atoms with Crippen molar-refractivity contribution in [2.45, 2.75) is 6.54 Å². The molecule has 0 radical (unpaired) electrons. The minimum Gasteiger partial charge on any atom is -0.364 e. The van der Waals surface area contributed by atoms with Gasteiger partial charge in [0.1, 0.15) is 5.82 Å². The summed E-state index contributed by atoms with van der Waals surface area (Å²) in [6, 6.07) is 14.4. The van der Waals surface area contributed by atoms with Crippen LogP contribution in [0.15, 0.2) is 60.9 Å². The fourth-order valence-corrected chi connectivity index (χ4v) is 2.21. The predicted molar refractivity (Wildman–Crippen MR) is 93.0 cm³/mol. The molecule has 2 heterocycles. The molecule has 0 bridgehead atoms. The van der Waals surface area contributed by atoms with Crippen LogP contribution < -0.4 is 10.6 Å². The van der Waals surface area contributed by atoms with Crippen LogP contribution in [0.3, 0.4) is 0 Å². The van der Waals surface area contributed by atoms with Crippen LogP contribution in [-0.4, -0.2) is 21.1 Å². The molecule has 120 valence electrons. The third-order valence-electron chi connectivity index (χ3n) is 3.25. The number of carbonyl (C=O) groups excluding carboxylic acids is 1. The van der Waals surface area contributed by atoms with E-state index in [4.69, 9.17) is 11.6 Å². The van der Waals surface area contributed by atoms with Gasteiger partial charge in [-0.05, 0) is 35.9 Å². The molecule has 0 unspecified atom stereocenters. The molecular weight excluding hydrogens is 326 g/mol. The van der Waals surface area contributed by atoms with Gasteiger partial charge in [0, 0.05) is 24.0 Å². The Balaban J connectivity index is 1.59. The summed E-state index contributed by atoms with van der Waals surface area (Å²) in [6.45, 7) is 0.537. The number of benzene rings is 1. The van der Waals surface area contributed by atoms with Crippen LogP contribution in [0.2, 0.25) is 5.02 Å². The average Bonchev–Trinajstić information content (AvgIpc) is 2.63. The first-order valence-electron chi connectivity index (χ1n) is 7.25. The van der Waals surface area contributed by atoms with E-state index in [1.165, 1.54) is 6.20 Å². The van der Waals surface area contributed by atoms with E-state index in [0.717, 1.165) is 5.56 Å². The largest absolute Gasteiger partial charge is 0.364 e. The Morgan fingerprint density at radius 1 is 1.00 bits per heavy atom. The molecule has 2 aromatic heterocycles. The molecule has 2 N–H and O–H groups in total. The maximum atomic E-state index is 12.0. The van der Waals surface area contributed by atoms with Gasteiger partial charge in [0.15, 0.2) is 5.82 Å². The molecule has 0 aliphatic rings. The highest BCUT2D eigenvalue weighted by Gasteiger charge is 2.07. The summed E-state index contributed by atoms with van der Waals surface area (Å²) >= 11 is 6.10. The number of anilines is 2. The number of aromatic nitrogens is 3. The van der Waals surface area contributed by atoms with Crippen molar-refractivity contribution < 1.29 is 4.79 Å². The van der Waals surface area contributed by atoms with Gasteiger partial charge in [-0.2, -0.15) is 0 Å². The van der Waals surface area contributed by atoms with E-state index >= 15 is 0 Å². The summed E-state index contributed by atoms with van der Waals surface area (Å²) in [4.78, 5) is 15.9.